The molecule has 0 atom stereocenters. The third-order valence-corrected chi connectivity index (χ3v) is 3.41. The third-order valence-electron chi connectivity index (χ3n) is 3.05. The van der Waals surface area contributed by atoms with Gasteiger partial charge in [0.2, 0.25) is 5.82 Å². The molecule has 0 radical (unpaired) electrons. The van der Waals surface area contributed by atoms with Crippen molar-refractivity contribution in [3.8, 4) is 17.3 Å². The van der Waals surface area contributed by atoms with Gasteiger partial charge in [0.15, 0.2) is 0 Å². The molecule has 130 valence electrons. The van der Waals surface area contributed by atoms with Gasteiger partial charge in [0.25, 0.3) is 0 Å². The molecule has 0 bridgehead atoms. The molecule has 11 heteroatoms. The number of aromatic amines is 1. The van der Waals surface area contributed by atoms with Crippen molar-refractivity contribution in [3.05, 3.63) is 57.4 Å². The molecule has 0 fully saturated rings. The molecule has 0 aliphatic rings. The van der Waals surface area contributed by atoms with Crippen LogP contribution < -0.4 is 10.5 Å². The van der Waals surface area contributed by atoms with E-state index in [0.29, 0.717) is 11.3 Å². The van der Waals surface area contributed by atoms with Gasteiger partial charge in [0, 0.05) is 23.8 Å². The Balaban J connectivity index is 1.90. The highest BCUT2D eigenvalue weighted by Gasteiger charge is 2.31. The van der Waals surface area contributed by atoms with E-state index < -0.39 is 17.9 Å². The lowest BCUT2D eigenvalue weighted by Crippen LogP contribution is -2.17. The summed E-state index contributed by atoms with van der Waals surface area (Å²) < 4.78 is 44.9. The maximum absolute atomic E-state index is 12.2. The second kappa shape index (κ2) is 6.55. The van der Waals surface area contributed by atoms with Gasteiger partial charge in [-0.1, -0.05) is 22.8 Å². The van der Waals surface area contributed by atoms with E-state index in [9.17, 15) is 18.0 Å². The number of alkyl halides is 3. The summed E-state index contributed by atoms with van der Waals surface area (Å²) in [6.45, 7) is 0. The Morgan fingerprint density at radius 2 is 2.00 bits per heavy atom. The van der Waals surface area contributed by atoms with Crippen LogP contribution in [0.5, 0.6) is 5.75 Å². The van der Waals surface area contributed by atoms with Crippen molar-refractivity contribution in [2.45, 2.75) is 12.8 Å². The smallest absolute Gasteiger partial charge is 0.406 e. The Hall–Kier alpha value is -2.88. The minimum absolute atomic E-state index is 0.0620. The fourth-order valence-electron chi connectivity index (χ4n) is 2.07. The fraction of sp³-hybridized carbons (Fsp3) is 0.143. The van der Waals surface area contributed by atoms with E-state index >= 15 is 0 Å². The summed E-state index contributed by atoms with van der Waals surface area (Å²) >= 11 is 6.02. The van der Waals surface area contributed by atoms with E-state index in [0.717, 1.165) is 12.1 Å². The largest absolute Gasteiger partial charge is 0.573 e. The number of benzene rings is 1. The first-order chi connectivity index (χ1) is 11.8. The molecular weight excluding hydrogens is 365 g/mol. The molecule has 7 nitrogen and oxygen atoms in total. The first-order valence-corrected chi connectivity index (χ1v) is 7.10. The van der Waals surface area contributed by atoms with Crippen molar-refractivity contribution in [3.63, 3.8) is 0 Å². The van der Waals surface area contributed by atoms with Gasteiger partial charge < -0.3 is 4.74 Å². The van der Waals surface area contributed by atoms with E-state index in [2.05, 4.69) is 29.4 Å². The number of nitrogens with one attached hydrogen (secondary N) is 1. The molecule has 25 heavy (non-hydrogen) atoms. The van der Waals surface area contributed by atoms with Crippen molar-refractivity contribution in [2.24, 2.45) is 0 Å². The van der Waals surface area contributed by atoms with Gasteiger partial charge in [-0.05, 0) is 17.7 Å². The van der Waals surface area contributed by atoms with Crippen LogP contribution in [0, 0.1) is 0 Å². The summed E-state index contributed by atoms with van der Waals surface area (Å²) in [6.07, 6.45) is -1.84. The Kier molecular flexibility index (Phi) is 4.45. The van der Waals surface area contributed by atoms with Crippen LogP contribution in [0.1, 0.15) is 11.3 Å². The summed E-state index contributed by atoms with van der Waals surface area (Å²) in [6, 6.07) is 3.58. The number of nitrogens with zero attached hydrogens (tertiary/aromatic N) is 3. The molecule has 0 unspecified atom stereocenters. The minimum Gasteiger partial charge on any atom is -0.406 e. The maximum Gasteiger partial charge on any atom is 0.573 e. The number of rotatable bonds is 4. The summed E-state index contributed by atoms with van der Waals surface area (Å²) in [5.41, 5.74) is 1.15. The lowest BCUT2D eigenvalue weighted by Gasteiger charge is -2.11. The molecule has 3 aromatic rings. The number of halogens is 4. The van der Waals surface area contributed by atoms with Crippen molar-refractivity contribution >= 4 is 11.6 Å². The molecule has 2 aromatic heterocycles. The van der Waals surface area contributed by atoms with Crippen molar-refractivity contribution in [1.82, 2.24) is 20.1 Å². The zero-order valence-electron chi connectivity index (χ0n) is 12.2. The van der Waals surface area contributed by atoms with Gasteiger partial charge in [-0.3, -0.25) is 14.5 Å². The highest BCUT2D eigenvalue weighted by atomic mass is 35.5. The van der Waals surface area contributed by atoms with Crippen LogP contribution in [0.25, 0.3) is 11.5 Å². The zero-order valence-corrected chi connectivity index (χ0v) is 12.9. The summed E-state index contributed by atoms with van der Waals surface area (Å²) in [5.74, 6) is -1.10. The number of ether oxygens (including phenoxy) is 1. The number of H-pyrrole nitrogens is 1. The number of hydrogen-bond acceptors (Lipinski definition) is 6. The molecule has 2 heterocycles. The molecule has 0 saturated heterocycles. The molecule has 0 amide bonds. The monoisotopic (exact) mass is 372 g/mol. The Morgan fingerprint density at radius 1 is 1.24 bits per heavy atom. The number of aromatic nitrogens is 4. The summed E-state index contributed by atoms with van der Waals surface area (Å²) in [5, 5.41) is 3.60. The summed E-state index contributed by atoms with van der Waals surface area (Å²) in [7, 11) is 0. The van der Waals surface area contributed by atoms with Gasteiger partial charge in [0.1, 0.15) is 11.4 Å². The second-order valence-corrected chi connectivity index (χ2v) is 5.18. The first-order valence-electron chi connectivity index (χ1n) is 6.72. The quantitative estimate of drug-likeness (QED) is 0.756. The normalized spacial score (nSPS) is 11.5. The van der Waals surface area contributed by atoms with Gasteiger partial charge in [0.05, 0.1) is 5.69 Å². The Bertz CT molecular complexity index is 955. The highest BCUT2D eigenvalue weighted by molar-refractivity contribution is 6.31. The molecule has 0 saturated carbocycles. The molecule has 1 aromatic carbocycles. The molecule has 1 N–H and O–H groups in total. The lowest BCUT2D eigenvalue weighted by atomic mass is 10.1. The van der Waals surface area contributed by atoms with Gasteiger partial charge in [-0.25, -0.2) is 9.78 Å². The fourth-order valence-corrected chi connectivity index (χ4v) is 2.31. The first kappa shape index (κ1) is 17.0. The van der Waals surface area contributed by atoms with Crippen LogP contribution in [0.4, 0.5) is 13.2 Å². The average Bonchev–Trinajstić information content (AvgIpc) is 2.95. The third kappa shape index (κ3) is 4.15. The van der Waals surface area contributed by atoms with Crippen LogP contribution in [0.15, 0.2) is 39.9 Å². The van der Waals surface area contributed by atoms with Gasteiger partial charge in [-0.15, -0.1) is 13.2 Å². The Morgan fingerprint density at radius 3 is 2.64 bits per heavy atom. The van der Waals surface area contributed by atoms with E-state index in [4.69, 9.17) is 11.6 Å². The average molecular weight is 373 g/mol. The lowest BCUT2D eigenvalue weighted by molar-refractivity contribution is -0.274. The molecular formula is C14H8ClF3N4O3. The second-order valence-electron chi connectivity index (χ2n) is 4.77. The standard InChI is InChI=1S/C14H8ClF3N4O3/c15-9-6-8(24-14(16,17)18)2-1-7(9)5-10-11(20-4-3-19-10)12-21-13(23)25-22-12/h1-4,6H,5H2,(H,21,22,23). The van der Waals surface area contributed by atoms with E-state index in [-0.39, 0.29) is 23.0 Å². The molecule has 3 rings (SSSR count). The Labute approximate surface area is 142 Å². The van der Waals surface area contributed by atoms with E-state index in [1.54, 1.807) is 0 Å². The minimum atomic E-state index is -4.80. The molecule has 0 spiro atoms. The zero-order chi connectivity index (χ0) is 18.0. The van der Waals surface area contributed by atoms with Gasteiger partial charge in [-0.2, -0.15) is 0 Å². The van der Waals surface area contributed by atoms with Gasteiger partial charge >= 0.3 is 12.1 Å². The van der Waals surface area contributed by atoms with Crippen LogP contribution in [-0.4, -0.2) is 26.5 Å². The SMILES string of the molecule is O=c1[nH]c(-c2nccnc2Cc2ccc(OC(F)(F)F)cc2Cl)no1. The predicted molar refractivity (Wildman–Crippen MR) is 79.1 cm³/mol. The maximum atomic E-state index is 12.2. The van der Waals surface area contributed by atoms with Crippen LogP contribution in [0.2, 0.25) is 5.02 Å². The topological polar surface area (TPSA) is 93.9 Å². The van der Waals surface area contributed by atoms with Crippen molar-refractivity contribution < 1.29 is 22.4 Å². The molecule has 0 aliphatic carbocycles. The van der Waals surface area contributed by atoms with Crippen LogP contribution in [0.3, 0.4) is 0 Å². The van der Waals surface area contributed by atoms with Crippen molar-refractivity contribution in [2.75, 3.05) is 0 Å². The van der Waals surface area contributed by atoms with E-state index in [1.807, 2.05) is 0 Å². The van der Waals surface area contributed by atoms with E-state index in [1.165, 1.54) is 18.5 Å². The molecule has 0 aliphatic heterocycles. The van der Waals surface area contributed by atoms with Crippen LogP contribution in [-0.2, 0) is 6.42 Å². The van der Waals surface area contributed by atoms with Crippen molar-refractivity contribution in [1.29, 1.82) is 0 Å². The number of hydrogen-bond donors (Lipinski definition) is 1. The predicted octanol–water partition coefficient (Wildman–Crippen LogP) is 2.96. The van der Waals surface area contributed by atoms with Crippen LogP contribution >= 0.6 is 11.6 Å². The summed E-state index contributed by atoms with van der Waals surface area (Å²) in [4.78, 5) is 21.7. The highest BCUT2D eigenvalue weighted by Crippen LogP contribution is 2.29.